The molecular weight excluding hydrogens is 162 g/mol. The Morgan fingerprint density at radius 3 is 2.78 bits per heavy atom. The maximum Gasteiger partial charge on any atom is 0.347 e. The Morgan fingerprint density at radius 2 is 2.33 bits per heavy atom. The van der Waals surface area contributed by atoms with Crippen LogP contribution in [-0.4, -0.2) is 11.5 Å². The van der Waals surface area contributed by atoms with Crippen molar-refractivity contribution in [2.24, 2.45) is 0 Å². The van der Waals surface area contributed by atoms with E-state index in [9.17, 15) is 0 Å². The molecule has 1 unspecified atom stereocenters. The molecule has 0 aromatic carbocycles. The zero-order chi connectivity index (χ0) is 7.11. The average Bonchev–Trinajstić information content (AvgIpc) is 1.89. The summed E-state index contributed by atoms with van der Waals surface area (Å²) in [4.78, 5) is 8.57. The standard InChI is InChI=1S/C4H10ClO3P/c1-2-3-4-7-9(6)8-5/h6H,2-4H2,1H3. The van der Waals surface area contributed by atoms with Crippen LogP contribution in [0, 0.1) is 0 Å². The van der Waals surface area contributed by atoms with Crippen LogP contribution in [0.25, 0.3) is 0 Å². The predicted octanol–water partition coefficient (Wildman–Crippen LogP) is 2.19. The Bertz CT molecular complexity index is 63.8. The fourth-order valence-corrected chi connectivity index (χ4v) is 0.752. The van der Waals surface area contributed by atoms with Gasteiger partial charge in [0, 0.05) is 0 Å². The minimum Gasteiger partial charge on any atom is -0.327 e. The Kier molecular flexibility index (Phi) is 7.16. The van der Waals surface area contributed by atoms with Crippen molar-refractivity contribution in [1.82, 2.24) is 0 Å². The zero-order valence-corrected chi connectivity index (χ0v) is 6.86. The minimum atomic E-state index is -1.82. The van der Waals surface area contributed by atoms with Crippen molar-refractivity contribution in [3.05, 3.63) is 0 Å². The second kappa shape index (κ2) is 6.72. The number of hydrogen-bond donors (Lipinski definition) is 1. The highest BCUT2D eigenvalue weighted by Gasteiger charge is 2.02. The zero-order valence-electron chi connectivity index (χ0n) is 5.21. The fraction of sp³-hybridized carbons (Fsp3) is 1.00. The first-order chi connectivity index (χ1) is 4.31. The number of unbranched alkanes of at least 4 members (excludes halogenated alkanes) is 1. The van der Waals surface area contributed by atoms with Gasteiger partial charge in [-0.25, -0.2) is 0 Å². The van der Waals surface area contributed by atoms with Gasteiger partial charge in [0.15, 0.2) is 0 Å². The van der Waals surface area contributed by atoms with Gasteiger partial charge in [-0.3, -0.25) is 0 Å². The molecule has 0 amide bonds. The SMILES string of the molecule is CCCCOP(O)OCl. The third kappa shape index (κ3) is 6.49. The van der Waals surface area contributed by atoms with Crippen molar-refractivity contribution in [2.45, 2.75) is 19.8 Å². The van der Waals surface area contributed by atoms with Gasteiger partial charge >= 0.3 is 8.60 Å². The summed E-state index contributed by atoms with van der Waals surface area (Å²) in [6.07, 6.45) is 1.95. The lowest BCUT2D eigenvalue weighted by atomic mass is 10.4. The summed E-state index contributed by atoms with van der Waals surface area (Å²) in [6, 6.07) is 0. The van der Waals surface area contributed by atoms with Crippen molar-refractivity contribution in [3.8, 4) is 0 Å². The van der Waals surface area contributed by atoms with Gasteiger partial charge < -0.3 is 9.42 Å². The van der Waals surface area contributed by atoms with E-state index in [-0.39, 0.29) is 0 Å². The molecule has 0 aliphatic rings. The highest BCUT2D eigenvalue weighted by Crippen LogP contribution is 2.34. The molecule has 0 bridgehead atoms. The van der Waals surface area contributed by atoms with Crippen LogP contribution < -0.4 is 0 Å². The molecule has 0 aliphatic heterocycles. The van der Waals surface area contributed by atoms with Gasteiger partial charge in [-0.1, -0.05) is 13.3 Å². The molecule has 1 N–H and O–H groups in total. The summed E-state index contributed by atoms with van der Waals surface area (Å²) in [6.45, 7) is 2.54. The van der Waals surface area contributed by atoms with Gasteiger partial charge in [-0.15, -0.1) is 0 Å². The Balaban J connectivity index is 2.88. The van der Waals surface area contributed by atoms with E-state index in [4.69, 9.17) is 21.3 Å². The number of halogens is 1. The van der Waals surface area contributed by atoms with Crippen LogP contribution in [0.1, 0.15) is 19.8 Å². The highest BCUT2D eigenvalue weighted by molar-refractivity contribution is 7.41. The van der Waals surface area contributed by atoms with Crippen molar-refractivity contribution in [2.75, 3.05) is 6.61 Å². The summed E-state index contributed by atoms with van der Waals surface area (Å²) >= 11 is 4.78. The van der Waals surface area contributed by atoms with Crippen molar-refractivity contribution in [3.63, 3.8) is 0 Å². The summed E-state index contributed by atoms with van der Waals surface area (Å²) in [5, 5.41) is 0. The van der Waals surface area contributed by atoms with E-state index < -0.39 is 8.60 Å². The van der Waals surface area contributed by atoms with Gasteiger partial charge in [-0.2, -0.15) is 4.08 Å². The summed E-state index contributed by atoms with van der Waals surface area (Å²) in [5.41, 5.74) is 0. The molecule has 0 saturated carbocycles. The Morgan fingerprint density at radius 1 is 1.67 bits per heavy atom. The largest absolute Gasteiger partial charge is 0.347 e. The molecule has 0 aromatic rings. The first-order valence-electron chi connectivity index (χ1n) is 2.72. The molecule has 0 spiro atoms. The monoisotopic (exact) mass is 172 g/mol. The van der Waals surface area contributed by atoms with Crippen LogP contribution in [0.5, 0.6) is 0 Å². The van der Waals surface area contributed by atoms with Crippen LogP contribution >= 0.6 is 20.5 Å². The maximum absolute atomic E-state index is 8.57. The molecule has 9 heavy (non-hydrogen) atoms. The van der Waals surface area contributed by atoms with Gasteiger partial charge in [-0.05, 0) is 6.42 Å². The summed E-state index contributed by atoms with van der Waals surface area (Å²) < 4.78 is 8.66. The lowest BCUT2D eigenvalue weighted by Gasteiger charge is -2.03. The van der Waals surface area contributed by atoms with Gasteiger partial charge in [0.1, 0.15) is 0 Å². The number of hydrogen-bond acceptors (Lipinski definition) is 3. The molecule has 3 nitrogen and oxygen atoms in total. The Hall–Kier alpha value is 0.600. The molecule has 0 aliphatic carbocycles. The first-order valence-corrected chi connectivity index (χ1v) is 4.15. The van der Waals surface area contributed by atoms with E-state index in [1.807, 2.05) is 6.92 Å². The van der Waals surface area contributed by atoms with E-state index in [0.29, 0.717) is 6.61 Å². The second-order valence-corrected chi connectivity index (χ2v) is 2.78. The summed E-state index contributed by atoms with van der Waals surface area (Å²) in [5.74, 6) is 0. The molecule has 0 fully saturated rings. The molecule has 0 rings (SSSR count). The van der Waals surface area contributed by atoms with Crippen molar-refractivity contribution >= 4 is 20.5 Å². The van der Waals surface area contributed by atoms with E-state index in [2.05, 4.69) is 4.08 Å². The van der Waals surface area contributed by atoms with Crippen LogP contribution in [-0.2, 0) is 8.60 Å². The number of rotatable bonds is 5. The molecule has 0 heterocycles. The van der Waals surface area contributed by atoms with Crippen LogP contribution in [0.2, 0.25) is 0 Å². The molecular formula is C4H10ClO3P. The van der Waals surface area contributed by atoms with Gasteiger partial charge in [0.2, 0.25) is 0 Å². The van der Waals surface area contributed by atoms with Gasteiger partial charge in [0.05, 0.1) is 18.5 Å². The molecule has 0 saturated heterocycles. The Labute approximate surface area is 61.1 Å². The molecule has 5 heteroatoms. The quantitative estimate of drug-likeness (QED) is 0.510. The van der Waals surface area contributed by atoms with E-state index in [1.54, 1.807) is 0 Å². The lowest BCUT2D eigenvalue weighted by Crippen LogP contribution is -1.87. The average molecular weight is 173 g/mol. The fourth-order valence-electron chi connectivity index (χ4n) is 0.307. The third-order valence-corrected chi connectivity index (χ3v) is 1.63. The predicted molar refractivity (Wildman–Crippen MR) is 36.9 cm³/mol. The van der Waals surface area contributed by atoms with E-state index >= 15 is 0 Å². The molecule has 1 atom stereocenters. The van der Waals surface area contributed by atoms with Crippen LogP contribution in [0.3, 0.4) is 0 Å². The topological polar surface area (TPSA) is 38.7 Å². The van der Waals surface area contributed by atoms with Crippen LogP contribution in [0.4, 0.5) is 0 Å². The molecule has 0 aromatic heterocycles. The minimum absolute atomic E-state index is 0.505. The molecule has 56 valence electrons. The smallest absolute Gasteiger partial charge is 0.327 e. The van der Waals surface area contributed by atoms with Crippen molar-refractivity contribution < 1.29 is 13.5 Å². The lowest BCUT2D eigenvalue weighted by molar-refractivity contribution is 0.261. The first kappa shape index (κ1) is 9.60. The van der Waals surface area contributed by atoms with E-state index in [0.717, 1.165) is 12.8 Å². The highest BCUT2D eigenvalue weighted by atomic mass is 35.5. The third-order valence-electron chi connectivity index (χ3n) is 0.759. The molecule has 0 radical (unpaired) electrons. The second-order valence-electron chi connectivity index (χ2n) is 1.49. The normalized spacial score (nSPS) is 13.7. The van der Waals surface area contributed by atoms with Crippen molar-refractivity contribution in [1.29, 1.82) is 0 Å². The van der Waals surface area contributed by atoms with Gasteiger partial charge in [0.25, 0.3) is 0 Å². The maximum atomic E-state index is 8.57. The van der Waals surface area contributed by atoms with Crippen LogP contribution in [0.15, 0.2) is 0 Å². The summed E-state index contributed by atoms with van der Waals surface area (Å²) in [7, 11) is -1.82. The van der Waals surface area contributed by atoms with E-state index in [1.165, 1.54) is 0 Å².